The largest absolute Gasteiger partial charge is 0.342 e. The van der Waals surface area contributed by atoms with Gasteiger partial charge in [-0.2, -0.15) is 0 Å². The minimum Gasteiger partial charge on any atom is -0.342 e. The Hall–Kier alpha value is -4.09. The van der Waals surface area contributed by atoms with Gasteiger partial charge in [0.25, 0.3) is 11.1 Å². The Morgan fingerprint density at radius 1 is 0.714 bits per heavy atom. The quantitative estimate of drug-likeness (QED) is 0.256. The summed E-state index contributed by atoms with van der Waals surface area (Å²) in [4.78, 5) is 27.8. The van der Waals surface area contributed by atoms with E-state index >= 15 is 0 Å². The highest BCUT2D eigenvalue weighted by molar-refractivity contribution is 8.18. The highest BCUT2D eigenvalue weighted by Gasteiger charge is 2.35. The molecule has 0 N–H and O–H groups in total. The van der Waals surface area contributed by atoms with E-state index < -0.39 is 0 Å². The number of thioether (sulfide) groups is 1. The zero-order chi connectivity index (χ0) is 23.8. The average molecular weight is 475 g/mol. The minimum absolute atomic E-state index is 0.234. The van der Waals surface area contributed by atoms with Crippen molar-refractivity contribution in [3.05, 3.63) is 125 Å². The minimum atomic E-state index is -0.243. The van der Waals surface area contributed by atoms with E-state index in [2.05, 4.69) is 41.1 Å². The Morgan fingerprint density at radius 2 is 1.46 bits per heavy atom. The molecule has 4 nitrogen and oxygen atoms in total. The van der Waals surface area contributed by atoms with Gasteiger partial charge in [0.2, 0.25) is 0 Å². The van der Waals surface area contributed by atoms with E-state index in [0.29, 0.717) is 4.91 Å². The Labute approximate surface area is 207 Å². The molecule has 1 aliphatic heterocycles. The summed E-state index contributed by atoms with van der Waals surface area (Å²) in [6.07, 6.45) is 3.92. The van der Waals surface area contributed by atoms with Crippen molar-refractivity contribution in [3.8, 4) is 0 Å². The molecule has 6 rings (SSSR count). The third-order valence-electron chi connectivity index (χ3n) is 6.33. The lowest BCUT2D eigenvalue weighted by molar-refractivity contribution is -0.123. The van der Waals surface area contributed by atoms with Gasteiger partial charge in [-0.15, -0.1) is 0 Å². The maximum Gasteiger partial charge on any atom is 0.293 e. The van der Waals surface area contributed by atoms with Crippen LogP contribution < -0.4 is 0 Å². The van der Waals surface area contributed by atoms with Crippen molar-refractivity contribution in [3.63, 3.8) is 0 Å². The van der Waals surface area contributed by atoms with Gasteiger partial charge in [0.05, 0.1) is 11.4 Å². The summed E-state index contributed by atoms with van der Waals surface area (Å²) in [6, 6.07) is 32.6. The number of amides is 2. The monoisotopic (exact) mass is 474 g/mol. The number of carbonyl (C=O) groups is 2. The first-order chi connectivity index (χ1) is 17.2. The highest BCUT2D eigenvalue weighted by Crippen LogP contribution is 2.35. The van der Waals surface area contributed by atoms with E-state index in [1.165, 1.54) is 10.5 Å². The van der Waals surface area contributed by atoms with Crippen molar-refractivity contribution >= 4 is 50.7 Å². The van der Waals surface area contributed by atoms with Gasteiger partial charge >= 0.3 is 0 Å². The number of hydrogen-bond acceptors (Lipinski definition) is 3. The van der Waals surface area contributed by atoms with E-state index in [9.17, 15) is 9.59 Å². The number of aromatic nitrogens is 1. The summed E-state index contributed by atoms with van der Waals surface area (Å²) < 4.78 is 2.19. The van der Waals surface area contributed by atoms with E-state index in [0.717, 1.165) is 51.1 Å². The van der Waals surface area contributed by atoms with Crippen molar-refractivity contribution in [2.75, 3.05) is 0 Å². The smallest absolute Gasteiger partial charge is 0.293 e. The zero-order valence-electron chi connectivity index (χ0n) is 18.9. The Morgan fingerprint density at radius 3 is 2.31 bits per heavy atom. The van der Waals surface area contributed by atoms with E-state index in [4.69, 9.17) is 0 Å². The molecule has 0 unspecified atom stereocenters. The van der Waals surface area contributed by atoms with Crippen LogP contribution in [0.15, 0.2) is 108 Å². The van der Waals surface area contributed by atoms with Crippen LogP contribution in [0.1, 0.15) is 16.7 Å². The van der Waals surface area contributed by atoms with Crippen LogP contribution in [-0.4, -0.2) is 20.6 Å². The lowest BCUT2D eigenvalue weighted by Crippen LogP contribution is -2.27. The third kappa shape index (κ3) is 4.15. The summed E-state index contributed by atoms with van der Waals surface area (Å²) >= 11 is 1.01. The molecule has 0 radical (unpaired) electrons. The van der Waals surface area contributed by atoms with Gasteiger partial charge in [0.1, 0.15) is 0 Å². The summed E-state index contributed by atoms with van der Waals surface area (Å²) in [5, 5.41) is 3.06. The van der Waals surface area contributed by atoms with E-state index in [1.54, 1.807) is 0 Å². The summed E-state index contributed by atoms with van der Waals surface area (Å²) in [6.45, 7) is 1.00. The molecule has 0 aliphatic carbocycles. The van der Waals surface area contributed by atoms with Gasteiger partial charge < -0.3 is 4.57 Å². The second-order valence-electron chi connectivity index (χ2n) is 8.66. The molecule has 1 aromatic heterocycles. The van der Waals surface area contributed by atoms with Crippen molar-refractivity contribution in [2.45, 2.75) is 13.1 Å². The molecule has 5 aromatic rings. The van der Waals surface area contributed by atoms with Crippen molar-refractivity contribution in [2.24, 2.45) is 0 Å². The Balaban J connectivity index is 1.30. The fourth-order valence-corrected chi connectivity index (χ4v) is 5.43. The molecule has 0 bridgehead atoms. The molecule has 0 saturated carbocycles. The number of benzene rings is 4. The number of nitrogens with zero attached hydrogens (tertiary/aromatic N) is 2. The molecule has 1 saturated heterocycles. The molecule has 2 heterocycles. The van der Waals surface area contributed by atoms with Gasteiger partial charge in [-0.25, -0.2) is 0 Å². The normalized spacial score (nSPS) is 15.1. The Kier molecular flexibility index (Phi) is 5.47. The fourth-order valence-electron chi connectivity index (χ4n) is 4.60. The maximum absolute atomic E-state index is 13.2. The first-order valence-corrected chi connectivity index (χ1v) is 12.3. The summed E-state index contributed by atoms with van der Waals surface area (Å²) in [7, 11) is 0. The number of rotatable bonds is 5. The van der Waals surface area contributed by atoms with Gasteiger partial charge in [-0.1, -0.05) is 84.9 Å². The van der Waals surface area contributed by atoms with Crippen LogP contribution in [0.25, 0.3) is 27.8 Å². The lowest BCUT2D eigenvalue weighted by Gasteiger charge is -2.13. The molecule has 0 spiro atoms. The number of carbonyl (C=O) groups excluding carboxylic acids is 2. The maximum atomic E-state index is 13.2. The molecule has 1 aliphatic rings. The van der Waals surface area contributed by atoms with E-state index in [1.807, 2.05) is 72.8 Å². The number of imide groups is 1. The average Bonchev–Trinajstić information content (AvgIpc) is 3.36. The number of hydrogen-bond donors (Lipinski definition) is 0. The molecular weight excluding hydrogens is 452 g/mol. The molecule has 5 heteroatoms. The van der Waals surface area contributed by atoms with Crippen molar-refractivity contribution in [1.29, 1.82) is 0 Å². The number of fused-ring (bicyclic) bond motifs is 2. The van der Waals surface area contributed by atoms with Gasteiger partial charge in [0, 0.05) is 29.2 Å². The molecule has 170 valence electrons. The van der Waals surface area contributed by atoms with Crippen LogP contribution in [0.5, 0.6) is 0 Å². The molecule has 2 amide bonds. The van der Waals surface area contributed by atoms with Crippen molar-refractivity contribution < 1.29 is 9.59 Å². The Bertz CT molecular complexity index is 1620. The van der Waals surface area contributed by atoms with Crippen LogP contribution in [-0.2, 0) is 17.9 Å². The topological polar surface area (TPSA) is 42.3 Å². The predicted molar refractivity (Wildman–Crippen MR) is 143 cm³/mol. The molecular formula is C30H22N2O2S. The first kappa shape index (κ1) is 21.4. The fraction of sp³-hybridized carbons (Fsp3) is 0.0667. The van der Waals surface area contributed by atoms with Crippen LogP contribution >= 0.6 is 11.8 Å². The molecule has 1 fully saturated rings. The second-order valence-corrected chi connectivity index (χ2v) is 9.66. The van der Waals surface area contributed by atoms with Crippen LogP contribution in [0.2, 0.25) is 0 Å². The zero-order valence-corrected chi connectivity index (χ0v) is 19.7. The predicted octanol–water partition coefficient (Wildman–Crippen LogP) is 7.08. The van der Waals surface area contributed by atoms with Gasteiger partial charge in [-0.05, 0) is 51.9 Å². The summed E-state index contributed by atoms with van der Waals surface area (Å²) in [5.41, 5.74) is 4.17. The van der Waals surface area contributed by atoms with Crippen LogP contribution in [0.3, 0.4) is 0 Å². The SMILES string of the molecule is O=C1S/C(=C\c2cn(Cc3ccccc3)c3ccccc23)C(=O)N1Cc1ccc2ccccc2c1. The highest BCUT2D eigenvalue weighted by atomic mass is 32.2. The van der Waals surface area contributed by atoms with Crippen LogP contribution in [0.4, 0.5) is 4.79 Å². The molecule has 0 atom stereocenters. The molecule has 35 heavy (non-hydrogen) atoms. The third-order valence-corrected chi connectivity index (χ3v) is 7.24. The number of para-hydroxylation sites is 1. The lowest BCUT2D eigenvalue weighted by atomic mass is 10.1. The van der Waals surface area contributed by atoms with Crippen LogP contribution in [0, 0.1) is 0 Å². The molecule has 4 aromatic carbocycles. The second kappa shape index (κ2) is 8.93. The standard InChI is InChI=1S/C30H22N2O2S/c33-29-28(35-30(34)32(29)19-22-14-15-23-10-4-5-11-24(23)16-22)17-25-20-31(18-21-8-2-1-3-9-21)27-13-7-6-12-26(25)27/h1-17,20H,18-19H2/b28-17-. The van der Waals surface area contributed by atoms with Gasteiger partial charge in [0.15, 0.2) is 0 Å². The summed E-state index contributed by atoms with van der Waals surface area (Å²) in [5.74, 6) is -0.243. The van der Waals surface area contributed by atoms with Crippen molar-refractivity contribution in [1.82, 2.24) is 9.47 Å². The van der Waals surface area contributed by atoms with E-state index in [-0.39, 0.29) is 17.7 Å². The first-order valence-electron chi connectivity index (χ1n) is 11.5. The van der Waals surface area contributed by atoms with Gasteiger partial charge in [-0.3, -0.25) is 14.5 Å².